The number of allylic oxidation sites excluding steroid dienone is 13. The van der Waals surface area contributed by atoms with Crippen LogP contribution in [-0.2, 0) is 23.7 Å². The topological polar surface area (TPSA) is 228 Å². The summed E-state index contributed by atoms with van der Waals surface area (Å²) in [5.41, 5.74) is 0. The van der Waals surface area contributed by atoms with E-state index in [1.165, 1.54) is 141 Å². The van der Waals surface area contributed by atoms with Crippen LogP contribution in [0.3, 0.4) is 0 Å². The van der Waals surface area contributed by atoms with E-state index in [4.69, 9.17) is 18.9 Å². The van der Waals surface area contributed by atoms with Crippen molar-refractivity contribution < 1.29 is 64.6 Å². The molecule has 0 aromatic carbocycles. The molecule has 0 bridgehead atoms. The Hall–Kier alpha value is -2.83. The number of carbonyl (C=O) groups is 1. The van der Waals surface area contributed by atoms with Crippen LogP contribution in [0.5, 0.6) is 0 Å². The minimum atomic E-state index is -1.80. The van der Waals surface area contributed by atoms with E-state index in [-0.39, 0.29) is 18.9 Å². The van der Waals surface area contributed by atoms with Gasteiger partial charge in [-0.3, -0.25) is 4.79 Å². The molecule has 2 saturated heterocycles. The zero-order valence-corrected chi connectivity index (χ0v) is 49.8. The summed E-state index contributed by atoms with van der Waals surface area (Å²) in [5.74, 6) is -0.322. The number of nitrogens with one attached hydrogen (secondary N) is 1. The van der Waals surface area contributed by atoms with Crippen LogP contribution in [0.1, 0.15) is 232 Å². The average Bonchev–Trinajstić information content (AvgIpc) is 3.48. The fraction of sp³-hybridized carbons (Fsp3) is 0.773. The van der Waals surface area contributed by atoms with Crippen molar-refractivity contribution in [2.45, 2.75) is 306 Å². The van der Waals surface area contributed by atoms with Crippen molar-refractivity contribution in [1.82, 2.24) is 5.32 Å². The molecule has 2 aliphatic rings. The van der Waals surface area contributed by atoms with Crippen LogP contribution in [0.25, 0.3) is 0 Å². The van der Waals surface area contributed by atoms with E-state index in [9.17, 15) is 45.6 Å². The van der Waals surface area contributed by atoms with Gasteiger partial charge in [-0.2, -0.15) is 0 Å². The van der Waals surface area contributed by atoms with Crippen molar-refractivity contribution >= 4 is 5.91 Å². The number of aliphatic hydroxyl groups is 8. The molecule has 2 fully saturated rings. The Labute approximate surface area is 484 Å². The van der Waals surface area contributed by atoms with Gasteiger partial charge in [-0.25, -0.2) is 0 Å². The van der Waals surface area contributed by atoms with Gasteiger partial charge in [0.25, 0.3) is 0 Å². The summed E-state index contributed by atoms with van der Waals surface area (Å²) in [5, 5.41) is 87.1. The maximum atomic E-state index is 13.2. The van der Waals surface area contributed by atoms with Gasteiger partial charge in [0, 0.05) is 6.42 Å². The van der Waals surface area contributed by atoms with Gasteiger partial charge in [0.1, 0.15) is 48.8 Å². The quantitative estimate of drug-likeness (QED) is 0.0204. The van der Waals surface area contributed by atoms with Gasteiger partial charge < -0.3 is 65.1 Å². The van der Waals surface area contributed by atoms with Gasteiger partial charge in [-0.15, -0.1) is 0 Å². The fourth-order valence-corrected chi connectivity index (χ4v) is 10.0. The van der Waals surface area contributed by atoms with Crippen molar-refractivity contribution in [3.05, 3.63) is 85.1 Å². The Morgan fingerprint density at radius 2 is 0.863 bits per heavy atom. The number of carbonyl (C=O) groups excluding carboxylic acids is 1. The zero-order chi connectivity index (χ0) is 58.1. The first-order valence-electron chi connectivity index (χ1n) is 31.8. The van der Waals surface area contributed by atoms with Crippen molar-refractivity contribution in [2.24, 2.45) is 0 Å². The second-order valence-corrected chi connectivity index (χ2v) is 22.2. The van der Waals surface area contributed by atoms with E-state index < -0.39 is 86.8 Å². The summed E-state index contributed by atoms with van der Waals surface area (Å²) < 4.78 is 22.8. The van der Waals surface area contributed by atoms with Gasteiger partial charge in [0.15, 0.2) is 12.6 Å². The SMILES string of the molecule is CC/C=C\C/C=C\C/C=C\C/C=C\C/C=C\C/C=C\CCC(=O)NC(COC1OC(CO)C(OC2OC(CO)C(O)C(O)C2O)C(O)C1O)C(O)/C=C/CCCCCCCCCCCCCCCCCCCCCCCCCCC. The van der Waals surface area contributed by atoms with Crippen LogP contribution in [0, 0.1) is 0 Å². The molecule has 0 saturated carbocycles. The Bertz CT molecular complexity index is 1660. The molecule has 9 N–H and O–H groups in total. The number of hydrogen-bond donors (Lipinski definition) is 9. The number of hydrogen-bond acceptors (Lipinski definition) is 13. The summed E-state index contributed by atoms with van der Waals surface area (Å²) >= 11 is 0. The summed E-state index contributed by atoms with van der Waals surface area (Å²) in [6.07, 6.45) is 52.2. The lowest BCUT2D eigenvalue weighted by atomic mass is 9.97. The van der Waals surface area contributed by atoms with Gasteiger partial charge in [-0.05, 0) is 57.8 Å². The van der Waals surface area contributed by atoms with Crippen molar-refractivity contribution in [3.63, 3.8) is 0 Å². The molecule has 0 aliphatic carbocycles. The summed E-state index contributed by atoms with van der Waals surface area (Å²) in [7, 11) is 0. The van der Waals surface area contributed by atoms with Crippen LogP contribution >= 0.6 is 0 Å². The molecule has 0 radical (unpaired) electrons. The molecule has 14 heteroatoms. The predicted octanol–water partition coefficient (Wildman–Crippen LogP) is 11.7. The molecule has 0 aromatic rings. The second-order valence-electron chi connectivity index (χ2n) is 22.2. The molecule has 2 heterocycles. The van der Waals surface area contributed by atoms with Crippen molar-refractivity contribution in [2.75, 3.05) is 19.8 Å². The third kappa shape index (κ3) is 35.3. The summed E-state index contributed by atoms with van der Waals surface area (Å²) in [6, 6.07) is -0.961. The standard InChI is InChI=1S/C66H115NO13/c1-3-5-7-9-11-13-15-17-19-21-23-24-25-26-27-28-29-30-32-33-35-37-39-41-43-45-47-49-55(70)54(67-58(71)50-48-46-44-42-40-38-36-34-31-22-20-18-16-14-12-10-8-6-4-2)53-77-65-63(76)61(74)64(57(52-69)79-65)80-66-62(75)60(73)59(72)56(51-68)78-66/h6,8,12,14,18,20,31,34,38,40,44,46-47,49,54-57,59-66,68-70,72-76H,3-5,7,9-11,13,15-17,19,21-30,32-33,35-37,39,41-43,45,48,50-53H2,1-2H3,(H,67,71)/b8-6-,14-12-,20-18-,34-31-,40-38-,46-44-,49-47+. The maximum absolute atomic E-state index is 13.2. The molecule has 2 aliphatic heterocycles. The molecule has 0 aromatic heterocycles. The zero-order valence-electron chi connectivity index (χ0n) is 49.8. The van der Waals surface area contributed by atoms with E-state index in [1.54, 1.807) is 6.08 Å². The highest BCUT2D eigenvalue weighted by molar-refractivity contribution is 5.76. The minimum Gasteiger partial charge on any atom is -0.394 e. The third-order valence-corrected chi connectivity index (χ3v) is 15.1. The molecular weight excluding hydrogens is 1010 g/mol. The van der Waals surface area contributed by atoms with Crippen LogP contribution in [0.4, 0.5) is 0 Å². The number of unbranched alkanes of at least 4 members (excludes halogenated alkanes) is 25. The molecule has 12 unspecified atom stereocenters. The first kappa shape index (κ1) is 73.3. The van der Waals surface area contributed by atoms with E-state index >= 15 is 0 Å². The van der Waals surface area contributed by atoms with Crippen LogP contribution in [-0.4, -0.2) is 140 Å². The number of rotatable bonds is 50. The van der Waals surface area contributed by atoms with E-state index in [0.29, 0.717) is 6.42 Å². The Balaban J connectivity index is 1.76. The molecule has 2 rings (SSSR count). The van der Waals surface area contributed by atoms with Crippen LogP contribution in [0.2, 0.25) is 0 Å². The highest BCUT2D eigenvalue weighted by Crippen LogP contribution is 2.30. The highest BCUT2D eigenvalue weighted by Gasteiger charge is 2.51. The molecule has 1 amide bonds. The van der Waals surface area contributed by atoms with Gasteiger partial charge in [0.2, 0.25) is 5.91 Å². The van der Waals surface area contributed by atoms with Gasteiger partial charge >= 0.3 is 0 Å². The van der Waals surface area contributed by atoms with Gasteiger partial charge in [0.05, 0.1) is 32.0 Å². The lowest BCUT2D eigenvalue weighted by Gasteiger charge is -2.46. The first-order valence-corrected chi connectivity index (χ1v) is 31.8. The second kappa shape index (κ2) is 50.7. The van der Waals surface area contributed by atoms with E-state index in [1.807, 2.05) is 18.2 Å². The monoisotopic (exact) mass is 1130 g/mol. The fourth-order valence-electron chi connectivity index (χ4n) is 10.0. The third-order valence-electron chi connectivity index (χ3n) is 15.1. The number of ether oxygens (including phenoxy) is 4. The minimum absolute atomic E-state index is 0.152. The van der Waals surface area contributed by atoms with Crippen LogP contribution in [0.15, 0.2) is 85.1 Å². The van der Waals surface area contributed by atoms with Crippen LogP contribution < -0.4 is 5.32 Å². The maximum Gasteiger partial charge on any atom is 0.220 e. The molecule has 462 valence electrons. The highest BCUT2D eigenvalue weighted by atomic mass is 16.7. The van der Waals surface area contributed by atoms with Crippen molar-refractivity contribution in [3.8, 4) is 0 Å². The normalized spacial score (nSPS) is 24.8. The summed E-state index contributed by atoms with van der Waals surface area (Å²) in [6.45, 7) is 2.64. The average molecular weight is 1130 g/mol. The Morgan fingerprint density at radius 3 is 1.30 bits per heavy atom. The number of amides is 1. The molecule has 12 atom stereocenters. The smallest absolute Gasteiger partial charge is 0.220 e. The summed E-state index contributed by atoms with van der Waals surface area (Å²) in [4.78, 5) is 13.2. The van der Waals surface area contributed by atoms with E-state index in [0.717, 1.165) is 64.2 Å². The molecule has 14 nitrogen and oxygen atoms in total. The molecule has 80 heavy (non-hydrogen) atoms. The predicted molar refractivity (Wildman–Crippen MR) is 323 cm³/mol. The Kier molecular flexibility index (Phi) is 46.4. The lowest BCUT2D eigenvalue weighted by molar-refractivity contribution is -0.359. The number of aliphatic hydroxyl groups excluding tert-OH is 8. The Morgan fingerprint density at radius 1 is 0.463 bits per heavy atom. The van der Waals surface area contributed by atoms with Crippen molar-refractivity contribution in [1.29, 1.82) is 0 Å². The molecule has 0 spiro atoms. The first-order chi connectivity index (χ1) is 39.1. The van der Waals surface area contributed by atoms with Gasteiger partial charge in [-0.1, -0.05) is 253 Å². The largest absolute Gasteiger partial charge is 0.394 e. The van der Waals surface area contributed by atoms with E-state index in [2.05, 4.69) is 79.9 Å². The lowest BCUT2D eigenvalue weighted by Crippen LogP contribution is -2.65. The molecular formula is C66H115NO13.